The van der Waals surface area contributed by atoms with Crippen LogP contribution in [-0.2, 0) is 15.9 Å². The highest BCUT2D eigenvalue weighted by molar-refractivity contribution is 9.10. The minimum atomic E-state index is 0.282. The van der Waals surface area contributed by atoms with E-state index >= 15 is 0 Å². The maximum absolute atomic E-state index is 5.72. The van der Waals surface area contributed by atoms with Crippen LogP contribution in [-0.4, -0.2) is 52.0 Å². The van der Waals surface area contributed by atoms with Crippen LogP contribution < -0.4 is 10.6 Å². The van der Waals surface area contributed by atoms with Crippen molar-refractivity contribution in [2.24, 2.45) is 4.99 Å². The predicted octanol–water partition coefficient (Wildman–Crippen LogP) is 1.95. The molecule has 1 aromatic rings. The molecule has 1 aromatic heterocycles. The van der Waals surface area contributed by atoms with Crippen LogP contribution >= 0.6 is 15.9 Å². The number of nitrogens with one attached hydrogen (secondary N) is 2. The molecule has 1 unspecified atom stereocenters. The normalized spacial score (nSPS) is 18.6. The highest BCUT2D eigenvalue weighted by atomic mass is 79.9. The number of guanidine groups is 1. The number of furan rings is 1. The smallest absolute Gasteiger partial charge is 0.190 e. The van der Waals surface area contributed by atoms with Crippen molar-refractivity contribution in [1.29, 1.82) is 0 Å². The van der Waals surface area contributed by atoms with Crippen molar-refractivity contribution in [3.05, 3.63) is 22.6 Å². The standard InChI is InChI=1S/C15H24BrN3O3/c1-17-15(19-8-5-12-3-4-14(16)22-12)18-7-2-9-21-13-6-10-20-11-13/h3-4,13H,2,5-11H2,1H3,(H2,17,18,19). The van der Waals surface area contributed by atoms with Gasteiger partial charge in [0.25, 0.3) is 0 Å². The molecule has 1 aliphatic rings. The van der Waals surface area contributed by atoms with Crippen molar-refractivity contribution >= 4 is 21.9 Å². The number of hydrogen-bond donors (Lipinski definition) is 2. The fraction of sp³-hybridized carbons (Fsp3) is 0.667. The molecule has 2 rings (SSSR count). The van der Waals surface area contributed by atoms with Gasteiger partial charge >= 0.3 is 0 Å². The van der Waals surface area contributed by atoms with Gasteiger partial charge in [-0.05, 0) is 40.9 Å². The Hall–Kier alpha value is -1.05. The van der Waals surface area contributed by atoms with Crippen LogP contribution in [0.1, 0.15) is 18.6 Å². The first-order valence-corrected chi connectivity index (χ1v) is 8.45. The SMILES string of the molecule is CN=C(NCCCOC1CCOC1)NCCc1ccc(Br)o1. The molecule has 2 heterocycles. The van der Waals surface area contributed by atoms with E-state index in [9.17, 15) is 0 Å². The summed E-state index contributed by atoms with van der Waals surface area (Å²) in [6, 6.07) is 3.86. The lowest BCUT2D eigenvalue weighted by Gasteiger charge is -2.12. The second-order valence-electron chi connectivity index (χ2n) is 5.09. The summed E-state index contributed by atoms with van der Waals surface area (Å²) in [5.74, 6) is 1.75. The highest BCUT2D eigenvalue weighted by Crippen LogP contribution is 2.13. The van der Waals surface area contributed by atoms with Crippen molar-refractivity contribution in [1.82, 2.24) is 10.6 Å². The molecule has 6 nitrogen and oxygen atoms in total. The van der Waals surface area contributed by atoms with E-state index in [4.69, 9.17) is 13.9 Å². The average molecular weight is 374 g/mol. The third-order valence-electron chi connectivity index (χ3n) is 3.37. The maximum Gasteiger partial charge on any atom is 0.190 e. The van der Waals surface area contributed by atoms with Gasteiger partial charge in [-0.15, -0.1) is 0 Å². The van der Waals surface area contributed by atoms with Crippen molar-refractivity contribution in [3.63, 3.8) is 0 Å². The number of hydrogen-bond acceptors (Lipinski definition) is 4. The molecular formula is C15H24BrN3O3. The van der Waals surface area contributed by atoms with Crippen LogP contribution in [0.2, 0.25) is 0 Å². The molecule has 2 N–H and O–H groups in total. The Balaban J connectivity index is 1.51. The fourth-order valence-electron chi connectivity index (χ4n) is 2.18. The molecule has 0 radical (unpaired) electrons. The van der Waals surface area contributed by atoms with E-state index in [0.717, 1.165) is 68.6 Å². The number of rotatable bonds is 8. The largest absolute Gasteiger partial charge is 0.454 e. The van der Waals surface area contributed by atoms with E-state index in [1.54, 1.807) is 7.05 Å². The number of nitrogens with zero attached hydrogens (tertiary/aromatic N) is 1. The van der Waals surface area contributed by atoms with Crippen LogP contribution in [0.5, 0.6) is 0 Å². The van der Waals surface area contributed by atoms with Gasteiger partial charge in [0.1, 0.15) is 5.76 Å². The summed E-state index contributed by atoms with van der Waals surface area (Å²) >= 11 is 3.30. The summed E-state index contributed by atoms with van der Waals surface area (Å²) in [6.07, 6.45) is 3.06. The van der Waals surface area contributed by atoms with Gasteiger partial charge in [-0.25, -0.2) is 0 Å². The molecule has 1 aliphatic heterocycles. The van der Waals surface area contributed by atoms with E-state index in [0.29, 0.717) is 0 Å². The fourth-order valence-corrected chi connectivity index (χ4v) is 2.52. The lowest BCUT2D eigenvalue weighted by atomic mass is 10.3. The average Bonchev–Trinajstić information content (AvgIpc) is 3.17. The van der Waals surface area contributed by atoms with E-state index in [2.05, 4.69) is 31.6 Å². The Morgan fingerprint density at radius 1 is 1.41 bits per heavy atom. The molecule has 22 heavy (non-hydrogen) atoms. The van der Waals surface area contributed by atoms with Crippen molar-refractivity contribution in [2.75, 3.05) is 40.0 Å². The summed E-state index contributed by atoms with van der Waals surface area (Å²) in [4.78, 5) is 4.19. The molecule has 0 aromatic carbocycles. The maximum atomic E-state index is 5.72. The van der Waals surface area contributed by atoms with Crippen LogP contribution in [0.15, 0.2) is 26.2 Å². The van der Waals surface area contributed by atoms with Crippen molar-refractivity contribution in [2.45, 2.75) is 25.4 Å². The van der Waals surface area contributed by atoms with Gasteiger partial charge in [-0.2, -0.15) is 0 Å². The topological polar surface area (TPSA) is 68.0 Å². The van der Waals surface area contributed by atoms with Crippen LogP contribution in [0.25, 0.3) is 0 Å². The second kappa shape index (κ2) is 9.86. The van der Waals surface area contributed by atoms with E-state index < -0.39 is 0 Å². The molecule has 0 bridgehead atoms. The number of ether oxygens (including phenoxy) is 2. The summed E-state index contributed by atoms with van der Waals surface area (Å²) < 4.78 is 17.2. The van der Waals surface area contributed by atoms with E-state index in [1.165, 1.54) is 0 Å². The minimum absolute atomic E-state index is 0.282. The Labute approximate surface area is 139 Å². The molecule has 7 heteroatoms. The first kappa shape index (κ1) is 17.3. The summed E-state index contributed by atoms with van der Waals surface area (Å²) in [7, 11) is 1.77. The highest BCUT2D eigenvalue weighted by Gasteiger charge is 2.15. The molecule has 0 amide bonds. The van der Waals surface area contributed by atoms with Gasteiger partial charge in [0, 0.05) is 39.8 Å². The Bertz CT molecular complexity index is 459. The number of halogens is 1. The summed E-state index contributed by atoms with van der Waals surface area (Å²) in [5, 5.41) is 6.54. The van der Waals surface area contributed by atoms with Crippen molar-refractivity contribution < 1.29 is 13.9 Å². The Kier molecular flexibility index (Phi) is 7.76. The van der Waals surface area contributed by atoms with Gasteiger partial charge in [0.2, 0.25) is 0 Å². The van der Waals surface area contributed by atoms with Gasteiger partial charge in [0.15, 0.2) is 10.6 Å². The van der Waals surface area contributed by atoms with E-state index in [-0.39, 0.29) is 6.10 Å². The molecule has 1 saturated heterocycles. The summed E-state index contributed by atoms with van der Waals surface area (Å²) in [5.41, 5.74) is 0. The van der Waals surface area contributed by atoms with Gasteiger partial charge < -0.3 is 24.5 Å². The third kappa shape index (κ3) is 6.37. The molecule has 0 saturated carbocycles. The minimum Gasteiger partial charge on any atom is -0.454 e. The molecule has 1 atom stereocenters. The van der Waals surface area contributed by atoms with Crippen molar-refractivity contribution in [3.8, 4) is 0 Å². The predicted molar refractivity (Wildman–Crippen MR) is 89.3 cm³/mol. The lowest BCUT2D eigenvalue weighted by Crippen LogP contribution is -2.39. The Morgan fingerprint density at radius 3 is 2.95 bits per heavy atom. The second-order valence-corrected chi connectivity index (χ2v) is 5.87. The third-order valence-corrected chi connectivity index (χ3v) is 3.80. The zero-order valence-electron chi connectivity index (χ0n) is 12.9. The monoisotopic (exact) mass is 373 g/mol. The van der Waals surface area contributed by atoms with Crippen LogP contribution in [0.4, 0.5) is 0 Å². The molecule has 0 spiro atoms. The summed E-state index contributed by atoms with van der Waals surface area (Å²) in [6.45, 7) is 3.92. The molecular weight excluding hydrogens is 350 g/mol. The van der Waals surface area contributed by atoms with Crippen LogP contribution in [0, 0.1) is 0 Å². The van der Waals surface area contributed by atoms with Crippen LogP contribution in [0.3, 0.4) is 0 Å². The number of aliphatic imine (C=N–C) groups is 1. The Morgan fingerprint density at radius 2 is 2.27 bits per heavy atom. The van der Waals surface area contributed by atoms with Gasteiger partial charge in [-0.1, -0.05) is 0 Å². The van der Waals surface area contributed by atoms with Gasteiger partial charge in [0.05, 0.1) is 12.7 Å². The first-order valence-electron chi connectivity index (χ1n) is 7.66. The zero-order valence-corrected chi connectivity index (χ0v) is 14.5. The molecule has 124 valence electrons. The molecule has 1 fully saturated rings. The zero-order chi connectivity index (χ0) is 15.6. The lowest BCUT2D eigenvalue weighted by molar-refractivity contribution is 0.0420. The molecule has 0 aliphatic carbocycles. The quantitative estimate of drug-likeness (QED) is 0.414. The van der Waals surface area contributed by atoms with Gasteiger partial charge in [-0.3, -0.25) is 4.99 Å². The van der Waals surface area contributed by atoms with E-state index in [1.807, 2.05) is 12.1 Å². The first-order chi connectivity index (χ1) is 10.8.